The second-order valence-corrected chi connectivity index (χ2v) is 13.7. The molecule has 2 aromatic rings. The lowest BCUT2D eigenvalue weighted by molar-refractivity contribution is 0.169. The summed E-state index contributed by atoms with van der Waals surface area (Å²) in [6.07, 6.45) is 1.51. The van der Waals surface area contributed by atoms with Gasteiger partial charge >= 0.3 is 0 Å². The third kappa shape index (κ3) is 6.64. The minimum absolute atomic E-state index is 0.0112. The van der Waals surface area contributed by atoms with Gasteiger partial charge in [-0.1, -0.05) is 6.07 Å². The summed E-state index contributed by atoms with van der Waals surface area (Å²) in [6.45, 7) is 11.5. The number of sulfonamides is 2. The number of phenolic OH excluding ortho intramolecular Hbond substituents is 1. The van der Waals surface area contributed by atoms with Gasteiger partial charge in [0.25, 0.3) is 0 Å². The van der Waals surface area contributed by atoms with Crippen molar-refractivity contribution < 1.29 is 27.0 Å². The van der Waals surface area contributed by atoms with E-state index in [0.29, 0.717) is 42.9 Å². The summed E-state index contributed by atoms with van der Waals surface area (Å²) in [7, 11) is -7.17. The molecule has 206 valence electrons. The Bertz CT molecular complexity index is 1340. The van der Waals surface area contributed by atoms with E-state index in [1.54, 1.807) is 4.31 Å². The number of hydrogen-bond acceptors (Lipinski definition) is 7. The van der Waals surface area contributed by atoms with Gasteiger partial charge in [-0.15, -0.1) is 0 Å². The highest BCUT2D eigenvalue weighted by Gasteiger charge is 2.32. The van der Waals surface area contributed by atoms with Crippen LogP contribution in [0.3, 0.4) is 0 Å². The first-order valence-corrected chi connectivity index (χ1v) is 15.7. The first-order chi connectivity index (χ1) is 17.1. The van der Waals surface area contributed by atoms with Crippen molar-refractivity contribution >= 4 is 25.7 Å². The van der Waals surface area contributed by atoms with Gasteiger partial charge in [0.1, 0.15) is 5.75 Å². The lowest BCUT2D eigenvalue weighted by Gasteiger charge is -2.33. The average Bonchev–Trinajstić information content (AvgIpc) is 2.82. The molecule has 1 heterocycles. The van der Waals surface area contributed by atoms with Gasteiger partial charge in [0, 0.05) is 19.6 Å². The topological polar surface area (TPSA) is 136 Å². The highest BCUT2D eigenvalue weighted by molar-refractivity contribution is 7.92. The van der Waals surface area contributed by atoms with Crippen LogP contribution in [0, 0.1) is 40.5 Å². The zero-order chi connectivity index (χ0) is 27.7. The van der Waals surface area contributed by atoms with E-state index in [1.165, 1.54) is 18.2 Å². The number of anilines is 1. The van der Waals surface area contributed by atoms with E-state index in [2.05, 4.69) is 10.0 Å². The summed E-state index contributed by atoms with van der Waals surface area (Å²) in [6, 6.07) is 4.28. The van der Waals surface area contributed by atoms with Gasteiger partial charge < -0.3 is 15.5 Å². The molecule has 3 rings (SSSR count). The van der Waals surface area contributed by atoms with E-state index in [1.807, 2.05) is 34.6 Å². The van der Waals surface area contributed by atoms with Crippen LogP contribution in [-0.4, -0.2) is 63.8 Å². The number of aromatic hydroxyl groups is 1. The maximum absolute atomic E-state index is 13.6. The molecule has 1 atom stereocenters. The van der Waals surface area contributed by atoms with Crippen LogP contribution in [0.1, 0.15) is 52.3 Å². The summed E-state index contributed by atoms with van der Waals surface area (Å²) in [5.41, 5.74) is 5.30. The van der Waals surface area contributed by atoms with E-state index in [-0.39, 0.29) is 23.9 Å². The summed E-state index contributed by atoms with van der Waals surface area (Å²) >= 11 is 0. The molecule has 0 amide bonds. The summed E-state index contributed by atoms with van der Waals surface area (Å²) in [5.74, 6) is 0.0435. The fraction of sp³-hybridized carbons (Fsp3) is 0.538. The highest BCUT2D eigenvalue weighted by atomic mass is 32.2. The first kappa shape index (κ1) is 29.4. The first-order valence-electron chi connectivity index (χ1n) is 12.4. The Kier molecular flexibility index (Phi) is 8.96. The van der Waals surface area contributed by atoms with Crippen molar-refractivity contribution in [1.82, 2.24) is 9.62 Å². The SMILES string of the molecule is Cc1c(C)c(C)c(S(=O)(=O)N2CCC(CNC[C@H](O)c3ccc(O)c(NS(C)(=O)=O)c3)CC2)c(C)c1C. The van der Waals surface area contributed by atoms with Gasteiger partial charge in [-0.05, 0) is 105 Å². The molecular weight excluding hydrogens is 514 g/mol. The number of piperidine rings is 1. The molecule has 0 saturated carbocycles. The third-order valence-corrected chi connectivity index (χ3v) is 10.3. The molecule has 1 fully saturated rings. The van der Waals surface area contributed by atoms with Crippen molar-refractivity contribution in [2.75, 3.05) is 37.2 Å². The maximum atomic E-state index is 13.6. The number of aliphatic hydroxyl groups excluding tert-OH is 1. The Morgan fingerprint density at radius 3 is 2.03 bits per heavy atom. The number of phenols is 1. The molecule has 0 bridgehead atoms. The average molecular weight is 554 g/mol. The molecule has 0 radical (unpaired) electrons. The van der Waals surface area contributed by atoms with Gasteiger partial charge in [0.05, 0.1) is 22.9 Å². The maximum Gasteiger partial charge on any atom is 0.243 e. The van der Waals surface area contributed by atoms with Crippen LogP contribution >= 0.6 is 0 Å². The molecule has 4 N–H and O–H groups in total. The van der Waals surface area contributed by atoms with Gasteiger partial charge in [0.15, 0.2) is 0 Å². The summed E-state index contributed by atoms with van der Waals surface area (Å²) in [4.78, 5) is 0.437. The predicted octanol–water partition coefficient (Wildman–Crippen LogP) is 3.03. The zero-order valence-corrected chi connectivity index (χ0v) is 24.1. The van der Waals surface area contributed by atoms with E-state index < -0.39 is 26.2 Å². The monoisotopic (exact) mass is 553 g/mol. The highest BCUT2D eigenvalue weighted by Crippen LogP contribution is 2.33. The van der Waals surface area contributed by atoms with E-state index in [4.69, 9.17) is 0 Å². The molecule has 1 aliphatic heterocycles. The molecule has 0 spiro atoms. The molecule has 0 aromatic heterocycles. The summed E-state index contributed by atoms with van der Waals surface area (Å²) < 4.78 is 53.9. The number of nitrogens with zero attached hydrogens (tertiary/aromatic N) is 1. The van der Waals surface area contributed by atoms with Crippen molar-refractivity contribution in [3.05, 3.63) is 51.6 Å². The minimum atomic E-state index is -3.60. The Hall–Kier alpha value is -2.18. The standard InChI is InChI=1S/C26H39N3O6S2/c1-16-17(2)19(4)26(20(5)18(16)3)37(34,35)29-11-9-21(10-12-29)14-27-15-25(31)22-7-8-24(30)23(13-22)28-36(6,32)33/h7-8,13,21,25,27-28,30-31H,9-12,14-15H2,1-6H3/t25-/m0/s1. The van der Waals surface area contributed by atoms with Crippen molar-refractivity contribution in [1.29, 1.82) is 0 Å². The fourth-order valence-electron chi connectivity index (χ4n) is 4.92. The number of rotatable bonds is 9. The molecule has 0 aliphatic carbocycles. The minimum Gasteiger partial charge on any atom is -0.506 e. The van der Waals surface area contributed by atoms with Crippen LogP contribution in [0.4, 0.5) is 5.69 Å². The largest absolute Gasteiger partial charge is 0.506 e. The molecule has 9 nitrogen and oxygen atoms in total. The smallest absolute Gasteiger partial charge is 0.243 e. The van der Waals surface area contributed by atoms with Crippen LogP contribution in [0.5, 0.6) is 5.75 Å². The third-order valence-electron chi connectivity index (χ3n) is 7.57. The molecule has 0 unspecified atom stereocenters. The van der Waals surface area contributed by atoms with Crippen LogP contribution in [0.15, 0.2) is 23.1 Å². The number of hydrogen-bond donors (Lipinski definition) is 4. The summed E-state index contributed by atoms with van der Waals surface area (Å²) in [5, 5.41) is 23.7. The second kappa shape index (κ2) is 11.3. The Morgan fingerprint density at radius 2 is 1.49 bits per heavy atom. The van der Waals surface area contributed by atoms with Crippen molar-refractivity contribution in [3.63, 3.8) is 0 Å². The van der Waals surface area contributed by atoms with Crippen LogP contribution in [-0.2, 0) is 20.0 Å². The molecule has 1 saturated heterocycles. The molecule has 11 heteroatoms. The number of benzene rings is 2. The van der Waals surface area contributed by atoms with Crippen LogP contribution in [0.2, 0.25) is 0 Å². The zero-order valence-electron chi connectivity index (χ0n) is 22.4. The van der Waals surface area contributed by atoms with Gasteiger partial charge in [0.2, 0.25) is 20.0 Å². The quantitative estimate of drug-likeness (QED) is 0.351. The normalized spacial score (nSPS) is 16.6. The lowest BCUT2D eigenvalue weighted by atomic mass is 9.95. The molecule has 1 aliphatic rings. The number of nitrogens with one attached hydrogen (secondary N) is 2. The van der Waals surface area contributed by atoms with E-state index >= 15 is 0 Å². The molecular formula is C26H39N3O6S2. The molecule has 2 aromatic carbocycles. The van der Waals surface area contributed by atoms with Gasteiger partial charge in [-0.25, -0.2) is 16.8 Å². The van der Waals surface area contributed by atoms with Gasteiger partial charge in [-0.2, -0.15) is 4.31 Å². The van der Waals surface area contributed by atoms with Crippen LogP contribution < -0.4 is 10.0 Å². The van der Waals surface area contributed by atoms with Crippen molar-refractivity contribution in [2.24, 2.45) is 5.92 Å². The Labute approximate surface area is 221 Å². The Balaban J connectivity index is 1.58. The fourth-order valence-corrected chi connectivity index (χ4v) is 7.51. The lowest BCUT2D eigenvalue weighted by Crippen LogP contribution is -2.41. The van der Waals surface area contributed by atoms with Gasteiger partial charge in [-0.3, -0.25) is 4.72 Å². The second-order valence-electron chi connectivity index (χ2n) is 10.1. The van der Waals surface area contributed by atoms with Crippen molar-refractivity contribution in [2.45, 2.75) is 58.5 Å². The van der Waals surface area contributed by atoms with Crippen molar-refractivity contribution in [3.8, 4) is 5.75 Å². The predicted molar refractivity (Wildman–Crippen MR) is 146 cm³/mol. The molecule has 37 heavy (non-hydrogen) atoms. The van der Waals surface area contributed by atoms with E-state index in [9.17, 15) is 27.0 Å². The van der Waals surface area contributed by atoms with Crippen LogP contribution in [0.25, 0.3) is 0 Å². The number of aliphatic hydroxyl groups is 1. The Morgan fingerprint density at radius 1 is 0.946 bits per heavy atom. The van der Waals surface area contributed by atoms with E-state index in [0.717, 1.165) is 34.1 Å².